The minimum atomic E-state index is -0.498. The van der Waals surface area contributed by atoms with Crippen LogP contribution in [0.25, 0.3) is 0 Å². The zero-order chi connectivity index (χ0) is 20.3. The Labute approximate surface area is 167 Å². The number of carbonyl (C=O) groups excluding carboxylic acids is 3. The predicted molar refractivity (Wildman–Crippen MR) is 106 cm³/mol. The van der Waals surface area contributed by atoms with Crippen molar-refractivity contribution < 1.29 is 23.9 Å². The molecular formula is C20H22N2O5S. The summed E-state index contributed by atoms with van der Waals surface area (Å²) in [6.07, 6.45) is 0.113. The maximum absolute atomic E-state index is 12.7. The number of nitrogens with one attached hydrogen (secondary N) is 1. The van der Waals surface area contributed by atoms with Crippen molar-refractivity contribution >= 4 is 34.3 Å². The third-order valence-electron chi connectivity index (χ3n) is 4.48. The molecule has 7 nitrogen and oxygen atoms in total. The van der Waals surface area contributed by atoms with Crippen LogP contribution < -0.4 is 5.32 Å². The van der Waals surface area contributed by atoms with Gasteiger partial charge in [-0.1, -0.05) is 17.7 Å². The molecular weight excluding hydrogens is 380 g/mol. The Balaban J connectivity index is 1.90. The number of hydrogen-bond acceptors (Lipinski definition) is 6. The predicted octanol–water partition coefficient (Wildman–Crippen LogP) is 3.61. The summed E-state index contributed by atoms with van der Waals surface area (Å²) < 4.78 is 10.00. The van der Waals surface area contributed by atoms with Crippen LogP contribution in [0.5, 0.6) is 0 Å². The molecule has 3 rings (SSSR count). The second-order valence-electron chi connectivity index (χ2n) is 6.39. The molecule has 2 amide bonds. The molecule has 1 aliphatic rings. The molecule has 1 N–H and O–H groups in total. The maximum atomic E-state index is 12.7. The summed E-state index contributed by atoms with van der Waals surface area (Å²) in [5.41, 5.74) is 2.66. The number of hydrogen-bond donors (Lipinski definition) is 1. The van der Waals surface area contributed by atoms with Gasteiger partial charge in [-0.3, -0.25) is 4.79 Å². The van der Waals surface area contributed by atoms with Gasteiger partial charge >= 0.3 is 12.1 Å². The number of ether oxygens (including phenoxy) is 2. The van der Waals surface area contributed by atoms with Crippen LogP contribution >= 0.6 is 11.3 Å². The van der Waals surface area contributed by atoms with Crippen molar-refractivity contribution in [2.45, 2.75) is 26.8 Å². The van der Waals surface area contributed by atoms with Crippen molar-refractivity contribution in [2.75, 3.05) is 25.6 Å². The SMILES string of the molecule is CCOC(=O)N1CCc2c(sc(NC(=O)c3cccc(C)c3)c2C(=O)OC)C1. The Kier molecular flexibility index (Phi) is 5.99. The van der Waals surface area contributed by atoms with Crippen molar-refractivity contribution in [2.24, 2.45) is 0 Å². The van der Waals surface area contributed by atoms with Crippen molar-refractivity contribution in [3.63, 3.8) is 0 Å². The molecule has 2 aromatic rings. The van der Waals surface area contributed by atoms with Gasteiger partial charge in [0.25, 0.3) is 5.91 Å². The van der Waals surface area contributed by atoms with E-state index in [2.05, 4.69) is 5.32 Å². The zero-order valence-electron chi connectivity index (χ0n) is 16.0. The van der Waals surface area contributed by atoms with Gasteiger partial charge in [-0.15, -0.1) is 11.3 Å². The largest absolute Gasteiger partial charge is 0.465 e. The standard InChI is InChI=1S/C20H22N2O5S/c1-4-27-20(25)22-9-8-14-15(11-22)28-18(16(14)19(24)26-3)21-17(23)13-7-5-6-12(2)10-13/h5-7,10H,4,8-9,11H2,1-3H3,(H,21,23). The fraction of sp³-hybridized carbons (Fsp3) is 0.350. The number of aryl methyl sites for hydroxylation is 1. The van der Waals surface area contributed by atoms with E-state index in [1.165, 1.54) is 18.4 Å². The summed E-state index contributed by atoms with van der Waals surface area (Å²) in [6.45, 7) is 4.75. The molecule has 0 spiro atoms. The smallest absolute Gasteiger partial charge is 0.410 e. The summed E-state index contributed by atoms with van der Waals surface area (Å²) in [5.74, 6) is -0.795. The van der Waals surface area contributed by atoms with E-state index in [0.29, 0.717) is 42.2 Å². The number of amides is 2. The van der Waals surface area contributed by atoms with Gasteiger partial charge < -0.3 is 19.7 Å². The number of nitrogens with zero attached hydrogens (tertiary/aromatic N) is 1. The van der Waals surface area contributed by atoms with Gasteiger partial charge in [-0.25, -0.2) is 9.59 Å². The van der Waals surface area contributed by atoms with Crippen LogP contribution in [0, 0.1) is 6.92 Å². The topological polar surface area (TPSA) is 84.9 Å². The quantitative estimate of drug-likeness (QED) is 0.790. The highest BCUT2D eigenvalue weighted by Gasteiger charge is 2.31. The summed E-state index contributed by atoms with van der Waals surface area (Å²) in [7, 11) is 1.31. The second kappa shape index (κ2) is 8.43. The molecule has 0 saturated heterocycles. The zero-order valence-corrected chi connectivity index (χ0v) is 16.9. The van der Waals surface area contributed by atoms with Gasteiger partial charge in [0.05, 0.1) is 25.8 Å². The average Bonchev–Trinajstić information content (AvgIpc) is 3.04. The number of carbonyl (C=O) groups is 3. The first-order valence-corrected chi connectivity index (χ1v) is 9.78. The fourth-order valence-electron chi connectivity index (χ4n) is 3.14. The van der Waals surface area contributed by atoms with Crippen LogP contribution in [0.3, 0.4) is 0 Å². The van der Waals surface area contributed by atoms with E-state index in [-0.39, 0.29) is 12.0 Å². The monoisotopic (exact) mass is 402 g/mol. The molecule has 148 valence electrons. The van der Waals surface area contributed by atoms with E-state index < -0.39 is 5.97 Å². The van der Waals surface area contributed by atoms with E-state index >= 15 is 0 Å². The Morgan fingerprint density at radius 2 is 2.07 bits per heavy atom. The van der Waals surface area contributed by atoms with Gasteiger partial charge in [-0.05, 0) is 38.0 Å². The summed E-state index contributed by atoms with van der Waals surface area (Å²) in [6, 6.07) is 7.21. The highest BCUT2D eigenvalue weighted by molar-refractivity contribution is 7.17. The van der Waals surface area contributed by atoms with Crippen LogP contribution in [0.15, 0.2) is 24.3 Å². The molecule has 0 fully saturated rings. The lowest BCUT2D eigenvalue weighted by atomic mass is 10.0. The summed E-state index contributed by atoms with van der Waals surface area (Å²) in [4.78, 5) is 39.5. The molecule has 0 saturated carbocycles. The Bertz CT molecular complexity index is 921. The molecule has 0 atom stereocenters. The third-order valence-corrected chi connectivity index (χ3v) is 5.61. The molecule has 0 radical (unpaired) electrons. The molecule has 0 aliphatic carbocycles. The van der Waals surface area contributed by atoms with E-state index in [4.69, 9.17) is 9.47 Å². The third kappa shape index (κ3) is 4.01. The Morgan fingerprint density at radius 1 is 1.29 bits per heavy atom. The Hall–Kier alpha value is -2.87. The minimum absolute atomic E-state index is 0.297. The average molecular weight is 402 g/mol. The van der Waals surface area contributed by atoms with Gasteiger partial charge in [0.15, 0.2) is 0 Å². The molecule has 1 aromatic carbocycles. The van der Waals surface area contributed by atoms with Crippen LogP contribution in [0.4, 0.5) is 9.80 Å². The van der Waals surface area contributed by atoms with Crippen LogP contribution in [0.2, 0.25) is 0 Å². The van der Waals surface area contributed by atoms with E-state index in [9.17, 15) is 14.4 Å². The number of rotatable bonds is 4. The highest BCUT2D eigenvalue weighted by atomic mass is 32.1. The maximum Gasteiger partial charge on any atom is 0.410 e. The van der Waals surface area contributed by atoms with Crippen molar-refractivity contribution in [3.8, 4) is 0 Å². The van der Waals surface area contributed by atoms with Crippen molar-refractivity contribution in [1.82, 2.24) is 4.90 Å². The second-order valence-corrected chi connectivity index (χ2v) is 7.50. The summed E-state index contributed by atoms with van der Waals surface area (Å²) >= 11 is 1.29. The van der Waals surface area contributed by atoms with Gasteiger partial charge in [0, 0.05) is 17.0 Å². The van der Waals surface area contributed by atoms with Crippen LogP contribution in [-0.2, 0) is 22.4 Å². The number of fused-ring (bicyclic) bond motifs is 1. The number of anilines is 1. The molecule has 28 heavy (non-hydrogen) atoms. The highest BCUT2D eigenvalue weighted by Crippen LogP contribution is 2.38. The van der Waals surface area contributed by atoms with E-state index in [1.807, 2.05) is 19.1 Å². The van der Waals surface area contributed by atoms with E-state index in [1.54, 1.807) is 24.0 Å². The first-order valence-electron chi connectivity index (χ1n) is 8.97. The lowest BCUT2D eigenvalue weighted by molar-refractivity contribution is 0.0600. The van der Waals surface area contributed by atoms with Gasteiger partial charge in [-0.2, -0.15) is 0 Å². The van der Waals surface area contributed by atoms with Gasteiger partial charge in [0.2, 0.25) is 0 Å². The van der Waals surface area contributed by atoms with Gasteiger partial charge in [0.1, 0.15) is 5.00 Å². The lowest BCUT2D eigenvalue weighted by Gasteiger charge is -2.26. The van der Waals surface area contributed by atoms with Crippen molar-refractivity contribution in [1.29, 1.82) is 0 Å². The number of esters is 1. The Morgan fingerprint density at radius 3 is 2.75 bits per heavy atom. The van der Waals surface area contributed by atoms with Crippen molar-refractivity contribution in [3.05, 3.63) is 51.4 Å². The molecule has 0 unspecified atom stereocenters. The fourth-order valence-corrected chi connectivity index (χ4v) is 4.39. The molecule has 2 heterocycles. The molecule has 1 aromatic heterocycles. The number of thiophene rings is 1. The van der Waals surface area contributed by atoms with E-state index in [0.717, 1.165) is 16.0 Å². The molecule has 0 bridgehead atoms. The first-order chi connectivity index (χ1) is 13.4. The van der Waals surface area contributed by atoms with Crippen LogP contribution in [-0.4, -0.2) is 43.1 Å². The number of methoxy groups -OCH3 is 1. The normalized spacial score (nSPS) is 12.9. The number of benzene rings is 1. The lowest BCUT2D eigenvalue weighted by Crippen LogP contribution is -2.36. The summed E-state index contributed by atoms with van der Waals surface area (Å²) in [5, 5.41) is 3.28. The minimum Gasteiger partial charge on any atom is -0.465 e. The molecule has 8 heteroatoms. The first kappa shape index (κ1) is 19.9. The molecule has 1 aliphatic heterocycles. The van der Waals surface area contributed by atoms with Crippen LogP contribution in [0.1, 0.15) is 43.6 Å².